The maximum atomic E-state index is 13.1. The van der Waals surface area contributed by atoms with Crippen LogP contribution in [0.4, 0.5) is 5.82 Å². The lowest BCUT2D eigenvalue weighted by atomic mass is 10.0. The van der Waals surface area contributed by atoms with Gasteiger partial charge in [-0.25, -0.2) is 13.4 Å². The quantitative estimate of drug-likeness (QED) is 0.655. The van der Waals surface area contributed by atoms with E-state index in [-0.39, 0.29) is 16.6 Å². The highest BCUT2D eigenvalue weighted by Gasteiger charge is 2.45. The molecule has 1 aromatic carbocycles. The first kappa shape index (κ1) is 20.5. The van der Waals surface area contributed by atoms with Crippen LogP contribution >= 0.6 is 0 Å². The molecule has 1 aliphatic rings. The van der Waals surface area contributed by atoms with Gasteiger partial charge in [-0.1, -0.05) is 11.2 Å². The van der Waals surface area contributed by atoms with E-state index in [4.69, 9.17) is 15.0 Å². The Balaban J connectivity index is 1.73. The number of aryl methyl sites for hydroxylation is 2. The van der Waals surface area contributed by atoms with Crippen molar-refractivity contribution in [3.05, 3.63) is 41.9 Å². The smallest absolute Gasteiger partial charge is 0.261 e. The topological polar surface area (TPSA) is 124 Å². The lowest BCUT2D eigenvalue weighted by Gasteiger charge is -2.45. The van der Waals surface area contributed by atoms with Gasteiger partial charge < -0.3 is 15.0 Å². The van der Waals surface area contributed by atoms with Gasteiger partial charge >= 0.3 is 0 Å². The van der Waals surface area contributed by atoms with Crippen molar-refractivity contribution in [2.45, 2.75) is 31.3 Å². The number of ether oxygens (including phenoxy) is 1. The summed E-state index contributed by atoms with van der Waals surface area (Å²) in [6, 6.07) is 6.83. The van der Waals surface area contributed by atoms with Gasteiger partial charge in [-0.3, -0.25) is 0 Å². The minimum atomic E-state index is -3.63. The molecule has 9 nitrogen and oxygen atoms in total. The van der Waals surface area contributed by atoms with Crippen molar-refractivity contribution in [2.24, 2.45) is 0 Å². The predicted octanol–water partition coefficient (Wildman–Crippen LogP) is 2.41. The average Bonchev–Trinajstić information content (AvgIpc) is 3.12. The van der Waals surface area contributed by atoms with Crippen molar-refractivity contribution in [3.8, 4) is 22.6 Å². The number of pyridine rings is 1. The van der Waals surface area contributed by atoms with Crippen molar-refractivity contribution in [1.82, 2.24) is 19.4 Å². The first-order chi connectivity index (χ1) is 14.1. The van der Waals surface area contributed by atoms with E-state index < -0.39 is 15.6 Å². The molecule has 0 atom stereocenters. The second-order valence-corrected chi connectivity index (χ2v) is 9.65. The van der Waals surface area contributed by atoms with Crippen molar-refractivity contribution in [2.75, 3.05) is 25.9 Å². The number of hydrogen-bond donors (Lipinski definition) is 1. The van der Waals surface area contributed by atoms with Gasteiger partial charge in [0.25, 0.3) is 5.89 Å². The summed E-state index contributed by atoms with van der Waals surface area (Å²) in [7, 11) is -2.04. The number of sulfonamides is 1. The maximum Gasteiger partial charge on any atom is 0.261 e. The molecule has 158 valence electrons. The number of nitrogen functional groups attached to an aromatic ring is 1. The number of hydrogen-bond acceptors (Lipinski definition) is 8. The van der Waals surface area contributed by atoms with Gasteiger partial charge in [0.1, 0.15) is 5.82 Å². The van der Waals surface area contributed by atoms with Crippen molar-refractivity contribution >= 4 is 15.8 Å². The summed E-state index contributed by atoms with van der Waals surface area (Å²) in [6.45, 7) is 6.15. The van der Waals surface area contributed by atoms with Crippen LogP contribution in [-0.2, 0) is 14.8 Å². The van der Waals surface area contributed by atoms with Crippen molar-refractivity contribution in [3.63, 3.8) is 0 Å². The van der Waals surface area contributed by atoms with E-state index >= 15 is 0 Å². The van der Waals surface area contributed by atoms with Gasteiger partial charge in [-0.15, -0.1) is 0 Å². The molecule has 4 rings (SSSR count). The molecule has 0 amide bonds. The third kappa shape index (κ3) is 3.47. The van der Waals surface area contributed by atoms with Gasteiger partial charge in [0.05, 0.1) is 16.1 Å². The zero-order chi connectivity index (χ0) is 21.7. The Morgan fingerprint density at radius 2 is 1.93 bits per heavy atom. The highest BCUT2D eigenvalue weighted by Crippen LogP contribution is 2.34. The largest absolute Gasteiger partial charge is 0.383 e. The maximum absolute atomic E-state index is 13.1. The molecule has 10 heteroatoms. The number of benzene rings is 1. The minimum absolute atomic E-state index is 0.216. The molecular weight excluding hydrogens is 406 g/mol. The molecule has 0 unspecified atom stereocenters. The Hall–Kier alpha value is -2.82. The zero-order valence-electron chi connectivity index (χ0n) is 17.2. The second-order valence-electron chi connectivity index (χ2n) is 7.71. The van der Waals surface area contributed by atoms with Crippen LogP contribution < -0.4 is 5.73 Å². The predicted molar refractivity (Wildman–Crippen MR) is 111 cm³/mol. The monoisotopic (exact) mass is 429 g/mol. The standard InChI is InChI=1S/C20H23N5O4S/c1-12-5-6-15(30(26,27)25-10-20(3,11-25)28-4)8-16(12)14-7-17(18(21)22-9-14)19-23-13(2)24-29-19/h5-9H,10-11H2,1-4H3,(H2,21,22). The van der Waals surface area contributed by atoms with Crippen molar-refractivity contribution in [1.29, 1.82) is 0 Å². The normalized spacial score (nSPS) is 16.4. The first-order valence-electron chi connectivity index (χ1n) is 9.35. The van der Waals surface area contributed by atoms with Crippen LogP contribution in [0.1, 0.15) is 18.3 Å². The number of methoxy groups -OCH3 is 1. The summed E-state index contributed by atoms with van der Waals surface area (Å²) in [6.07, 6.45) is 1.60. The SMILES string of the molecule is COC1(C)CN(S(=O)(=O)c2ccc(C)c(-c3cnc(N)c(-c4nc(C)no4)c3)c2)C1. The highest BCUT2D eigenvalue weighted by atomic mass is 32.2. The summed E-state index contributed by atoms with van der Waals surface area (Å²) < 4.78 is 38.1. The average molecular weight is 430 g/mol. The van der Waals surface area contributed by atoms with Gasteiger partial charge in [0.15, 0.2) is 5.82 Å². The van der Waals surface area contributed by atoms with Crippen LogP contribution in [0.25, 0.3) is 22.6 Å². The van der Waals surface area contributed by atoms with E-state index in [9.17, 15) is 8.42 Å². The number of nitrogens with zero attached hydrogens (tertiary/aromatic N) is 4. The van der Waals surface area contributed by atoms with Crippen molar-refractivity contribution < 1.29 is 17.7 Å². The lowest BCUT2D eigenvalue weighted by Crippen LogP contribution is -2.62. The van der Waals surface area contributed by atoms with Gasteiger partial charge in [0.2, 0.25) is 10.0 Å². The van der Waals surface area contributed by atoms with E-state index in [2.05, 4.69) is 15.1 Å². The van der Waals surface area contributed by atoms with Gasteiger partial charge in [0, 0.05) is 32.0 Å². The van der Waals surface area contributed by atoms with Gasteiger partial charge in [-0.05, 0) is 50.1 Å². The Labute approximate surface area is 174 Å². The third-order valence-electron chi connectivity index (χ3n) is 5.35. The molecular formula is C20H23N5O4S. The fraction of sp³-hybridized carbons (Fsp3) is 0.350. The van der Waals surface area contributed by atoms with Crippen LogP contribution in [0.2, 0.25) is 0 Å². The van der Waals surface area contributed by atoms with Crippen LogP contribution in [0, 0.1) is 13.8 Å². The molecule has 0 radical (unpaired) electrons. The van der Waals surface area contributed by atoms with Crippen LogP contribution in [0.15, 0.2) is 39.9 Å². The molecule has 1 fully saturated rings. The van der Waals surface area contributed by atoms with E-state index in [1.54, 1.807) is 44.5 Å². The minimum Gasteiger partial charge on any atom is -0.383 e. The molecule has 0 saturated carbocycles. The summed E-state index contributed by atoms with van der Waals surface area (Å²) in [5.74, 6) is 1.00. The molecule has 0 spiro atoms. The number of anilines is 1. The summed E-state index contributed by atoms with van der Waals surface area (Å²) in [4.78, 5) is 8.66. The molecule has 3 heterocycles. The van der Waals surface area contributed by atoms with E-state index in [1.165, 1.54) is 4.31 Å². The Kier molecular flexibility index (Phi) is 4.88. The molecule has 30 heavy (non-hydrogen) atoms. The fourth-order valence-corrected chi connectivity index (χ4v) is 5.11. The summed E-state index contributed by atoms with van der Waals surface area (Å²) >= 11 is 0. The second kappa shape index (κ2) is 7.15. The molecule has 3 aromatic rings. The first-order valence-corrected chi connectivity index (χ1v) is 10.8. The lowest BCUT2D eigenvalue weighted by molar-refractivity contribution is -0.0768. The number of rotatable bonds is 5. The highest BCUT2D eigenvalue weighted by molar-refractivity contribution is 7.89. The Morgan fingerprint density at radius 1 is 1.20 bits per heavy atom. The fourth-order valence-electron chi connectivity index (χ4n) is 3.42. The third-order valence-corrected chi connectivity index (χ3v) is 7.14. The molecule has 2 N–H and O–H groups in total. The number of nitrogens with two attached hydrogens (primary N) is 1. The van der Waals surface area contributed by atoms with E-state index in [0.29, 0.717) is 30.0 Å². The number of aromatic nitrogens is 3. The van der Waals surface area contributed by atoms with E-state index in [1.807, 2.05) is 13.8 Å². The van der Waals surface area contributed by atoms with Crippen LogP contribution in [0.3, 0.4) is 0 Å². The van der Waals surface area contributed by atoms with Crippen LogP contribution in [-0.4, -0.2) is 53.6 Å². The van der Waals surface area contributed by atoms with E-state index in [0.717, 1.165) is 11.1 Å². The Bertz CT molecular complexity index is 1220. The Morgan fingerprint density at radius 3 is 2.57 bits per heavy atom. The molecule has 1 saturated heterocycles. The molecule has 1 aliphatic heterocycles. The summed E-state index contributed by atoms with van der Waals surface area (Å²) in [5.41, 5.74) is 8.39. The van der Waals surface area contributed by atoms with Gasteiger partial charge in [-0.2, -0.15) is 9.29 Å². The summed E-state index contributed by atoms with van der Waals surface area (Å²) in [5, 5.41) is 3.79. The molecule has 0 bridgehead atoms. The van der Waals surface area contributed by atoms with Crippen LogP contribution in [0.5, 0.6) is 0 Å². The molecule has 2 aromatic heterocycles. The zero-order valence-corrected chi connectivity index (χ0v) is 18.0. The molecule has 0 aliphatic carbocycles.